The first kappa shape index (κ1) is 15.1. The minimum Gasteiger partial charge on any atom is -0.457 e. The van der Waals surface area contributed by atoms with E-state index in [1.807, 2.05) is 30.3 Å². The molecule has 4 nitrogen and oxygen atoms in total. The molecular formula is C19H18N2O2S. The van der Waals surface area contributed by atoms with Crippen molar-refractivity contribution in [3.05, 3.63) is 54.3 Å². The van der Waals surface area contributed by atoms with Crippen LogP contribution < -0.4 is 5.32 Å². The summed E-state index contributed by atoms with van der Waals surface area (Å²) in [5.74, 6) is 1.96. The van der Waals surface area contributed by atoms with Crippen molar-refractivity contribution in [3.8, 4) is 10.8 Å². The van der Waals surface area contributed by atoms with Gasteiger partial charge in [-0.2, -0.15) is 0 Å². The third-order valence-corrected chi connectivity index (χ3v) is 5.24. The van der Waals surface area contributed by atoms with Gasteiger partial charge in [0.05, 0.1) is 16.8 Å². The number of allylic oxidation sites excluding steroid dienone is 2. The number of fused-ring (bicyclic) bond motifs is 1. The number of para-hydroxylation sites is 1. The maximum absolute atomic E-state index is 12.0. The highest BCUT2D eigenvalue weighted by molar-refractivity contribution is 7.21. The first-order chi connectivity index (χ1) is 11.8. The molecule has 1 amide bonds. The Hall–Kier alpha value is -2.40. The summed E-state index contributed by atoms with van der Waals surface area (Å²) in [7, 11) is 0. The van der Waals surface area contributed by atoms with E-state index in [0.717, 1.165) is 39.6 Å². The fourth-order valence-corrected chi connectivity index (χ4v) is 3.85. The van der Waals surface area contributed by atoms with Gasteiger partial charge in [0.15, 0.2) is 10.8 Å². The molecule has 2 aromatic heterocycles. The maximum atomic E-state index is 12.0. The number of aromatic nitrogens is 1. The van der Waals surface area contributed by atoms with Crippen LogP contribution in [0.2, 0.25) is 0 Å². The van der Waals surface area contributed by atoms with Gasteiger partial charge in [0.2, 0.25) is 5.91 Å². The van der Waals surface area contributed by atoms with Crippen LogP contribution in [-0.4, -0.2) is 10.9 Å². The van der Waals surface area contributed by atoms with E-state index in [4.69, 9.17) is 4.42 Å². The standard InChI is InChI=1S/C19H18N2O2S/c22-18(11-13-5-1-2-6-13)20-12-14-9-10-16(23-14)19-21-15-7-3-4-8-17(15)24-19/h1,3-5,7-10,13H,2,6,11-12H2,(H,20,22). The highest BCUT2D eigenvalue weighted by Crippen LogP contribution is 2.31. The Morgan fingerprint density at radius 3 is 3.04 bits per heavy atom. The maximum Gasteiger partial charge on any atom is 0.220 e. The van der Waals surface area contributed by atoms with E-state index in [1.54, 1.807) is 11.3 Å². The molecule has 1 aliphatic rings. The molecule has 0 saturated heterocycles. The topological polar surface area (TPSA) is 55.1 Å². The zero-order valence-corrected chi connectivity index (χ0v) is 14.0. The minimum absolute atomic E-state index is 0.0736. The predicted octanol–water partition coefficient (Wildman–Crippen LogP) is 4.53. The van der Waals surface area contributed by atoms with Crippen LogP contribution >= 0.6 is 11.3 Å². The Bertz CT molecular complexity index is 861. The van der Waals surface area contributed by atoms with E-state index in [1.165, 1.54) is 0 Å². The van der Waals surface area contributed by atoms with Crippen molar-refractivity contribution in [2.75, 3.05) is 0 Å². The monoisotopic (exact) mass is 338 g/mol. The Morgan fingerprint density at radius 2 is 2.21 bits per heavy atom. The lowest BCUT2D eigenvalue weighted by Crippen LogP contribution is -2.24. The second-order valence-corrected chi connectivity index (χ2v) is 7.03. The molecule has 0 aliphatic heterocycles. The summed E-state index contributed by atoms with van der Waals surface area (Å²) in [5.41, 5.74) is 0.980. The van der Waals surface area contributed by atoms with Crippen molar-refractivity contribution in [2.24, 2.45) is 5.92 Å². The number of amides is 1. The third-order valence-electron chi connectivity index (χ3n) is 4.19. The molecule has 0 saturated carbocycles. The highest BCUT2D eigenvalue weighted by atomic mass is 32.1. The zero-order chi connectivity index (χ0) is 16.4. The van der Waals surface area contributed by atoms with Crippen molar-refractivity contribution < 1.29 is 9.21 Å². The second-order valence-electron chi connectivity index (χ2n) is 6.00. The minimum atomic E-state index is 0.0736. The van der Waals surface area contributed by atoms with Crippen LogP contribution in [0.25, 0.3) is 21.0 Å². The van der Waals surface area contributed by atoms with Crippen molar-refractivity contribution >= 4 is 27.5 Å². The molecule has 0 spiro atoms. The molecule has 24 heavy (non-hydrogen) atoms. The van der Waals surface area contributed by atoms with Crippen LogP contribution in [0.4, 0.5) is 0 Å². The number of benzene rings is 1. The highest BCUT2D eigenvalue weighted by Gasteiger charge is 2.15. The molecule has 0 bridgehead atoms. The van der Waals surface area contributed by atoms with E-state index in [-0.39, 0.29) is 5.91 Å². The van der Waals surface area contributed by atoms with Crippen molar-refractivity contribution in [1.82, 2.24) is 10.3 Å². The lowest BCUT2D eigenvalue weighted by Gasteiger charge is -2.07. The van der Waals surface area contributed by atoms with E-state index in [9.17, 15) is 4.79 Å². The fourth-order valence-electron chi connectivity index (χ4n) is 2.93. The molecule has 1 aromatic carbocycles. The van der Waals surface area contributed by atoms with E-state index in [2.05, 4.69) is 28.5 Å². The number of hydrogen-bond donors (Lipinski definition) is 1. The fraction of sp³-hybridized carbons (Fsp3) is 0.263. The molecule has 1 unspecified atom stereocenters. The number of rotatable bonds is 5. The SMILES string of the molecule is O=C(CC1C=CCC1)NCc1ccc(-c2nc3ccccc3s2)o1. The van der Waals surface area contributed by atoms with Gasteiger partial charge in [-0.3, -0.25) is 4.79 Å². The number of furan rings is 1. The van der Waals surface area contributed by atoms with Crippen LogP contribution in [0, 0.1) is 5.92 Å². The van der Waals surface area contributed by atoms with Crippen LogP contribution in [0.3, 0.4) is 0 Å². The van der Waals surface area contributed by atoms with Gasteiger partial charge < -0.3 is 9.73 Å². The molecule has 1 aliphatic carbocycles. The summed E-state index contributed by atoms with van der Waals surface area (Å²) >= 11 is 1.61. The van der Waals surface area contributed by atoms with Gasteiger partial charge in [0.1, 0.15) is 5.76 Å². The molecule has 0 radical (unpaired) electrons. The lowest BCUT2D eigenvalue weighted by atomic mass is 10.1. The Balaban J connectivity index is 1.39. The number of carbonyl (C=O) groups excluding carboxylic acids is 1. The molecule has 3 aromatic rings. The Labute approximate surface area is 144 Å². The summed E-state index contributed by atoms with van der Waals surface area (Å²) < 4.78 is 6.98. The molecule has 1 atom stereocenters. The largest absolute Gasteiger partial charge is 0.457 e. The molecule has 122 valence electrons. The van der Waals surface area contributed by atoms with Gasteiger partial charge in [-0.1, -0.05) is 24.3 Å². The molecule has 2 heterocycles. The van der Waals surface area contributed by atoms with Crippen LogP contribution in [0.15, 0.2) is 53.0 Å². The summed E-state index contributed by atoms with van der Waals surface area (Å²) in [6, 6.07) is 11.9. The summed E-state index contributed by atoms with van der Waals surface area (Å²) in [5, 5.41) is 3.80. The second kappa shape index (κ2) is 6.61. The average molecular weight is 338 g/mol. The number of carbonyl (C=O) groups is 1. The molecular weight excluding hydrogens is 320 g/mol. The van der Waals surface area contributed by atoms with E-state index in [0.29, 0.717) is 18.9 Å². The molecule has 5 heteroatoms. The van der Waals surface area contributed by atoms with Crippen molar-refractivity contribution in [2.45, 2.75) is 25.8 Å². The van der Waals surface area contributed by atoms with Gasteiger partial charge in [-0.15, -0.1) is 11.3 Å². The van der Waals surface area contributed by atoms with Crippen molar-refractivity contribution in [1.29, 1.82) is 0 Å². The summed E-state index contributed by atoms with van der Waals surface area (Å²) in [4.78, 5) is 16.6. The third kappa shape index (κ3) is 3.26. The summed E-state index contributed by atoms with van der Waals surface area (Å²) in [6.07, 6.45) is 7.01. The average Bonchev–Trinajstić information content (AvgIpc) is 3.32. The number of hydrogen-bond acceptors (Lipinski definition) is 4. The van der Waals surface area contributed by atoms with Crippen molar-refractivity contribution in [3.63, 3.8) is 0 Å². The molecule has 4 rings (SSSR count). The number of nitrogens with zero attached hydrogens (tertiary/aromatic N) is 1. The smallest absolute Gasteiger partial charge is 0.220 e. The molecule has 1 N–H and O–H groups in total. The first-order valence-corrected chi connectivity index (χ1v) is 8.97. The number of nitrogens with one attached hydrogen (secondary N) is 1. The van der Waals surface area contributed by atoms with Gasteiger partial charge in [0.25, 0.3) is 0 Å². The predicted molar refractivity (Wildman–Crippen MR) is 95.6 cm³/mol. The Kier molecular flexibility index (Phi) is 4.17. The quantitative estimate of drug-likeness (QED) is 0.695. The van der Waals surface area contributed by atoms with Crippen LogP contribution in [0.5, 0.6) is 0 Å². The molecule has 0 fully saturated rings. The first-order valence-electron chi connectivity index (χ1n) is 8.16. The van der Waals surface area contributed by atoms with Gasteiger partial charge >= 0.3 is 0 Å². The van der Waals surface area contributed by atoms with Crippen LogP contribution in [0.1, 0.15) is 25.0 Å². The number of thiazole rings is 1. The van der Waals surface area contributed by atoms with Gasteiger partial charge in [-0.25, -0.2) is 4.98 Å². The summed E-state index contributed by atoms with van der Waals surface area (Å²) in [6.45, 7) is 0.417. The van der Waals surface area contributed by atoms with E-state index < -0.39 is 0 Å². The Morgan fingerprint density at radius 1 is 1.29 bits per heavy atom. The van der Waals surface area contributed by atoms with Gasteiger partial charge in [0, 0.05) is 6.42 Å². The van der Waals surface area contributed by atoms with Gasteiger partial charge in [-0.05, 0) is 43.0 Å². The van der Waals surface area contributed by atoms with Crippen LogP contribution in [-0.2, 0) is 11.3 Å². The normalized spacial score (nSPS) is 16.8. The zero-order valence-electron chi connectivity index (χ0n) is 13.2. The lowest BCUT2D eigenvalue weighted by molar-refractivity contribution is -0.121. The van der Waals surface area contributed by atoms with E-state index >= 15 is 0 Å².